The van der Waals surface area contributed by atoms with Crippen molar-refractivity contribution in [3.05, 3.63) is 29.8 Å². The van der Waals surface area contributed by atoms with Crippen molar-refractivity contribution in [2.75, 3.05) is 77.9 Å². The number of likely N-dealkylation sites (N-methyl/N-ethyl adjacent to an activating group) is 2. The monoisotopic (exact) mass is 516 g/mol. The number of unbranched alkanes of at least 4 members (excludes halogenated alkanes) is 1. The van der Waals surface area contributed by atoms with Gasteiger partial charge in [0.15, 0.2) is 5.96 Å². The van der Waals surface area contributed by atoms with Crippen molar-refractivity contribution in [3.8, 4) is 0 Å². The highest BCUT2D eigenvalue weighted by atomic mass is 127. The van der Waals surface area contributed by atoms with E-state index in [0.717, 1.165) is 32.1 Å². The molecule has 6 nitrogen and oxygen atoms in total. The first kappa shape index (κ1) is 26.0. The number of hydrogen-bond acceptors (Lipinski definition) is 4. The quantitative estimate of drug-likeness (QED) is 0.217. The van der Waals surface area contributed by atoms with Crippen molar-refractivity contribution in [2.24, 2.45) is 4.99 Å². The van der Waals surface area contributed by atoms with Gasteiger partial charge in [-0.05, 0) is 58.0 Å². The normalized spacial score (nSPS) is 15.7. The van der Waals surface area contributed by atoms with Crippen LogP contribution in [0.5, 0.6) is 0 Å². The van der Waals surface area contributed by atoms with E-state index in [1.165, 1.54) is 56.8 Å². The van der Waals surface area contributed by atoms with Gasteiger partial charge < -0.3 is 25.3 Å². The van der Waals surface area contributed by atoms with Crippen LogP contribution in [0.3, 0.4) is 0 Å². The third kappa shape index (κ3) is 10.00. The molecule has 0 spiro atoms. The van der Waals surface area contributed by atoms with Gasteiger partial charge in [0.05, 0.1) is 0 Å². The van der Waals surface area contributed by atoms with Crippen molar-refractivity contribution in [2.45, 2.75) is 26.7 Å². The average molecular weight is 517 g/mol. The molecule has 7 heteroatoms. The lowest BCUT2D eigenvalue weighted by Crippen LogP contribution is -2.45. The van der Waals surface area contributed by atoms with E-state index in [4.69, 9.17) is 0 Å². The van der Waals surface area contributed by atoms with Crippen LogP contribution >= 0.6 is 24.0 Å². The average Bonchev–Trinajstić information content (AvgIpc) is 2.70. The van der Waals surface area contributed by atoms with E-state index in [9.17, 15) is 0 Å². The molecule has 1 aromatic carbocycles. The summed E-state index contributed by atoms with van der Waals surface area (Å²) in [5.74, 6) is 0.903. The minimum atomic E-state index is 0. The Balaban J connectivity index is 0.00000420. The summed E-state index contributed by atoms with van der Waals surface area (Å²) in [4.78, 5) is 11.7. The third-order valence-corrected chi connectivity index (χ3v) is 5.44. The highest BCUT2D eigenvalue weighted by Gasteiger charge is 2.12. The Bertz CT molecular complexity index is 586. The second-order valence-electron chi connectivity index (χ2n) is 7.70. The van der Waals surface area contributed by atoms with Crippen LogP contribution in [0, 0.1) is 6.92 Å². The Hall–Kier alpha value is -1.06. The van der Waals surface area contributed by atoms with E-state index in [0.29, 0.717) is 0 Å². The number of aliphatic imine (C=N–C) groups is 1. The van der Waals surface area contributed by atoms with Crippen LogP contribution in [0.15, 0.2) is 29.3 Å². The Morgan fingerprint density at radius 2 is 1.83 bits per heavy atom. The number of guanidine groups is 1. The summed E-state index contributed by atoms with van der Waals surface area (Å²) in [5, 5.41) is 6.89. The van der Waals surface area contributed by atoms with Crippen molar-refractivity contribution >= 4 is 35.6 Å². The van der Waals surface area contributed by atoms with Gasteiger partial charge in [-0.15, -0.1) is 24.0 Å². The predicted octanol–water partition coefficient (Wildman–Crippen LogP) is 2.63. The summed E-state index contributed by atoms with van der Waals surface area (Å²) >= 11 is 0. The molecule has 0 aliphatic carbocycles. The number of aryl methyl sites for hydroxylation is 1. The van der Waals surface area contributed by atoms with Gasteiger partial charge in [0.1, 0.15) is 0 Å². The van der Waals surface area contributed by atoms with Crippen molar-refractivity contribution in [1.82, 2.24) is 20.4 Å². The zero-order chi connectivity index (χ0) is 20.2. The van der Waals surface area contributed by atoms with Crippen LogP contribution in [0.1, 0.15) is 25.3 Å². The summed E-state index contributed by atoms with van der Waals surface area (Å²) in [6.45, 7) is 14.2. The van der Waals surface area contributed by atoms with Crippen molar-refractivity contribution in [3.63, 3.8) is 0 Å². The van der Waals surface area contributed by atoms with Gasteiger partial charge in [-0.2, -0.15) is 0 Å². The molecule has 1 heterocycles. The molecule has 0 bridgehead atoms. The molecule has 29 heavy (non-hydrogen) atoms. The first-order valence-electron chi connectivity index (χ1n) is 10.8. The summed E-state index contributed by atoms with van der Waals surface area (Å²) in [6.07, 6.45) is 2.42. The van der Waals surface area contributed by atoms with Crippen LogP contribution in [-0.2, 0) is 0 Å². The molecule has 1 fully saturated rings. The lowest BCUT2D eigenvalue weighted by molar-refractivity contribution is 0.152. The lowest BCUT2D eigenvalue weighted by atomic mass is 10.2. The maximum atomic E-state index is 4.35. The zero-order valence-corrected chi connectivity index (χ0v) is 21.1. The zero-order valence-electron chi connectivity index (χ0n) is 18.8. The maximum absolute atomic E-state index is 4.35. The standard InChI is InChI=1S/C22H40N6.HI/c1-5-28(21-10-8-9-20(2)19-21)14-12-25-22(23-3)24-11-6-7-13-27-17-15-26(4)16-18-27;/h8-10,19H,5-7,11-18H2,1-4H3,(H2,23,24,25);1H. The van der Waals surface area contributed by atoms with Gasteiger partial charge in [-0.25, -0.2) is 0 Å². The second kappa shape index (κ2) is 14.8. The van der Waals surface area contributed by atoms with Crippen molar-refractivity contribution < 1.29 is 0 Å². The van der Waals surface area contributed by atoms with E-state index < -0.39 is 0 Å². The van der Waals surface area contributed by atoms with Gasteiger partial charge in [0, 0.05) is 65.1 Å². The molecule has 0 atom stereocenters. The lowest BCUT2D eigenvalue weighted by Gasteiger charge is -2.32. The largest absolute Gasteiger partial charge is 0.370 e. The van der Waals surface area contributed by atoms with E-state index >= 15 is 0 Å². The number of hydrogen-bond donors (Lipinski definition) is 2. The summed E-state index contributed by atoms with van der Waals surface area (Å²) in [5.41, 5.74) is 2.59. The fraction of sp³-hybridized carbons (Fsp3) is 0.682. The minimum Gasteiger partial charge on any atom is -0.370 e. The number of nitrogens with zero attached hydrogens (tertiary/aromatic N) is 4. The molecule has 2 N–H and O–H groups in total. The van der Waals surface area contributed by atoms with E-state index in [1.54, 1.807) is 0 Å². The Kier molecular flexibility index (Phi) is 13.3. The summed E-state index contributed by atoms with van der Waals surface area (Å²) in [6, 6.07) is 8.70. The number of rotatable bonds is 10. The molecule has 2 rings (SSSR count). The molecular weight excluding hydrogens is 475 g/mol. The molecule has 0 aromatic heterocycles. The Morgan fingerprint density at radius 3 is 2.48 bits per heavy atom. The highest BCUT2D eigenvalue weighted by Crippen LogP contribution is 2.14. The van der Waals surface area contributed by atoms with Gasteiger partial charge >= 0.3 is 0 Å². The number of piperazine rings is 1. The molecule has 0 amide bonds. The fourth-order valence-electron chi connectivity index (χ4n) is 3.56. The molecule has 1 aromatic rings. The number of anilines is 1. The first-order chi connectivity index (χ1) is 13.6. The van der Waals surface area contributed by atoms with Crippen LogP contribution in [-0.4, -0.2) is 88.8 Å². The second-order valence-corrected chi connectivity index (χ2v) is 7.70. The molecule has 0 radical (unpaired) electrons. The van der Waals surface area contributed by atoms with E-state index in [1.807, 2.05) is 7.05 Å². The van der Waals surface area contributed by atoms with Crippen molar-refractivity contribution in [1.29, 1.82) is 0 Å². The Morgan fingerprint density at radius 1 is 1.10 bits per heavy atom. The third-order valence-electron chi connectivity index (χ3n) is 5.44. The van der Waals surface area contributed by atoms with Gasteiger partial charge in [-0.1, -0.05) is 12.1 Å². The van der Waals surface area contributed by atoms with E-state index in [-0.39, 0.29) is 24.0 Å². The fourth-order valence-corrected chi connectivity index (χ4v) is 3.56. The molecular formula is C22H41IN6. The van der Waals surface area contributed by atoms with Crippen LogP contribution < -0.4 is 15.5 Å². The molecule has 0 unspecified atom stereocenters. The number of halogens is 1. The first-order valence-corrected chi connectivity index (χ1v) is 10.8. The van der Waals surface area contributed by atoms with Crippen LogP contribution in [0.25, 0.3) is 0 Å². The smallest absolute Gasteiger partial charge is 0.191 e. The molecule has 1 aliphatic rings. The molecule has 1 aliphatic heterocycles. The van der Waals surface area contributed by atoms with Crippen LogP contribution in [0.4, 0.5) is 5.69 Å². The highest BCUT2D eigenvalue weighted by molar-refractivity contribution is 14.0. The molecule has 166 valence electrons. The van der Waals surface area contributed by atoms with Gasteiger partial charge in [0.25, 0.3) is 0 Å². The maximum Gasteiger partial charge on any atom is 0.191 e. The van der Waals surface area contributed by atoms with Gasteiger partial charge in [-0.3, -0.25) is 4.99 Å². The predicted molar refractivity (Wildman–Crippen MR) is 137 cm³/mol. The number of nitrogens with one attached hydrogen (secondary N) is 2. The van der Waals surface area contributed by atoms with Gasteiger partial charge in [0.2, 0.25) is 0 Å². The number of benzene rings is 1. The molecule has 0 saturated carbocycles. The van der Waals surface area contributed by atoms with E-state index in [2.05, 4.69) is 75.5 Å². The Labute approximate surface area is 195 Å². The summed E-state index contributed by atoms with van der Waals surface area (Å²) in [7, 11) is 4.05. The SMILES string of the molecule is CCN(CCNC(=NC)NCCCCN1CCN(C)CC1)c1cccc(C)c1.I. The topological polar surface area (TPSA) is 46.1 Å². The molecule has 1 saturated heterocycles. The minimum absolute atomic E-state index is 0. The van der Waals surface area contributed by atoms with Crippen LogP contribution in [0.2, 0.25) is 0 Å². The summed E-state index contributed by atoms with van der Waals surface area (Å²) < 4.78 is 0.